The zero-order chi connectivity index (χ0) is 13.1. The predicted molar refractivity (Wildman–Crippen MR) is 75.4 cm³/mol. The molecule has 2 aliphatic heterocycles. The standard InChI is InChI=1S/C15H28N2O2/c1-17(10-14-3-2-8-18-14)11-15-7-6-13(19-15)9-16-12-4-5-12/h12-16H,2-11H2,1H3. The minimum absolute atomic E-state index is 0.428. The second-order valence-corrected chi connectivity index (χ2v) is 6.50. The molecule has 2 heterocycles. The van der Waals surface area contributed by atoms with Crippen molar-refractivity contribution in [1.29, 1.82) is 0 Å². The monoisotopic (exact) mass is 268 g/mol. The molecule has 110 valence electrons. The quantitative estimate of drug-likeness (QED) is 0.757. The Morgan fingerprint density at radius 2 is 1.79 bits per heavy atom. The summed E-state index contributed by atoms with van der Waals surface area (Å²) >= 11 is 0. The molecule has 3 unspecified atom stereocenters. The molecule has 0 aromatic carbocycles. The van der Waals surface area contributed by atoms with Gasteiger partial charge in [-0.3, -0.25) is 0 Å². The molecule has 1 N–H and O–H groups in total. The Morgan fingerprint density at radius 3 is 2.53 bits per heavy atom. The Hall–Kier alpha value is -0.160. The summed E-state index contributed by atoms with van der Waals surface area (Å²) in [7, 11) is 2.20. The highest BCUT2D eigenvalue weighted by Crippen LogP contribution is 2.23. The lowest BCUT2D eigenvalue weighted by atomic mass is 10.1. The lowest BCUT2D eigenvalue weighted by Crippen LogP contribution is -2.36. The Kier molecular flexibility index (Phi) is 4.74. The smallest absolute Gasteiger partial charge is 0.0707 e. The minimum atomic E-state index is 0.428. The molecule has 0 aromatic rings. The van der Waals surface area contributed by atoms with Crippen molar-refractivity contribution >= 4 is 0 Å². The van der Waals surface area contributed by atoms with Crippen LogP contribution in [0.2, 0.25) is 0 Å². The van der Waals surface area contributed by atoms with Crippen LogP contribution in [0.25, 0.3) is 0 Å². The summed E-state index contributed by atoms with van der Waals surface area (Å²) in [4.78, 5) is 2.39. The SMILES string of the molecule is CN(CC1CCCO1)CC1CCC(CNC2CC2)O1. The van der Waals surface area contributed by atoms with Crippen LogP contribution in [-0.4, -0.2) is 62.5 Å². The Morgan fingerprint density at radius 1 is 1.00 bits per heavy atom. The molecule has 0 spiro atoms. The van der Waals surface area contributed by atoms with Crippen molar-refractivity contribution in [1.82, 2.24) is 10.2 Å². The van der Waals surface area contributed by atoms with Crippen LogP contribution < -0.4 is 5.32 Å². The van der Waals surface area contributed by atoms with E-state index >= 15 is 0 Å². The van der Waals surface area contributed by atoms with Crippen LogP contribution in [0, 0.1) is 0 Å². The third-order valence-electron chi connectivity index (χ3n) is 4.46. The highest BCUT2D eigenvalue weighted by Gasteiger charge is 2.29. The topological polar surface area (TPSA) is 33.7 Å². The highest BCUT2D eigenvalue weighted by molar-refractivity contribution is 4.84. The maximum Gasteiger partial charge on any atom is 0.0707 e. The molecule has 3 atom stereocenters. The second-order valence-electron chi connectivity index (χ2n) is 6.50. The first kappa shape index (κ1) is 13.8. The van der Waals surface area contributed by atoms with Gasteiger partial charge in [-0.1, -0.05) is 0 Å². The number of likely N-dealkylation sites (N-methyl/N-ethyl adjacent to an activating group) is 1. The first-order chi connectivity index (χ1) is 9.29. The summed E-state index contributed by atoms with van der Waals surface area (Å²) in [6.45, 7) is 4.12. The number of rotatable bonds is 7. The van der Waals surface area contributed by atoms with Gasteiger partial charge in [-0.2, -0.15) is 0 Å². The van der Waals surface area contributed by atoms with E-state index in [-0.39, 0.29) is 0 Å². The third-order valence-corrected chi connectivity index (χ3v) is 4.46. The largest absolute Gasteiger partial charge is 0.377 e. The maximum atomic E-state index is 6.13. The third kappa shape index (κ3) is 4.42. The van der Waals surface area contributed by atoms with E-state index in [1.807, 2.05) is 0 Å². The molecule has 1 aliphatic carbocycles. The second kappa shape index (κ2) is 6.53. The van der Waals surface area contributed by atoms with Crippen molar-refractivity contribution in [2.45, 2.75) is 62.9 Å². The van der Waals surface area contributed by atoms with Crippen molar-refractivity contribution in [3.63, 3.8) is 0 Å². The number of hydrogen-bond acceptors (Lipinski definition) is 4. The first-order valence-electron chi connectivity index (χ1n) is 7.98. The summed E-state index contributed by atoms with van der Waals surface area (Å²) in [6.07, 6.45) is 8.95. The fourth-order valence-corrected chi connectivity index (χ4v) is 3.21. The normalized spacial score (nSPS) is 35.4. The average molecular weight is 268 g/mol. The molecule has 2 saturated heterocycles. The van der Waals surface area contributed by atoms with E-state index in [1.54, 1.807) is 0 Å². The summed E-state index contributed by atoms with van der Waals surface area (Å²) in [5.41, 5.74) is 0. The van der Waals surface area contributed by atoms with Gasteiger partial charge >= 0.3 is 0 Å². The van der Waals surface area contributed by atoms with Gasteiger partial charge in [0.1, 0.15) is 0 Å². The van der Waals surface area contributed by atoms with Gasteiger partial charge in [0.15, 0.2) is 0 Å². The van der Waals surface area contributed by atoms with E-state index in [0.29, 0.717) is 18.3 Å². The van der Waals surface area contributed by atoms with Crippen LogP contribution in [0.5, 0.6) is 0 Å². The summed E-state index contributed by atoms with van der Waals surface area (Å²) in [5, 5.41) is 3.57. The molecule has 4 nitrogen and oxygen atoms in total. The van der Waals surface area contributed by atoms with Crippen LogP contribution >= 0.6 is 0 Å². The Balaban J connectivity index is 1.31. The zero-order valence-electron chi connectivity index (χ0n) is 12.1. The molecular formula is C15H28N2O2. The number of hydrogen-bond donors (Lipinski definition) is 1. The molecule has 4 heteroatoms. The summed E-state index contributed by atoms with van der Waals surface area (Å²) in [5.74, 6) is 0. The van der Waals surface area contributed by atoms with E-state index in [4.69, 9.17) is 9.47 Å². The van der Waals surface area contributed by atoms with Crippen LogP contribution in [0.1, 0.15) is 38.5 Å². The van der Waals surface area contributed by atoms with E-state index in [9.17, 15) is 0 Å². The van der Waals surface area contributed by atoms with Crippen molar-refractivity contribution in [3.8, 4) is 0 Å². The minimum Gasteiger partial charge on any atom is -0.377 e. The van der Waals surface area contributed by atoms with Crippen LogP contribution in [0.3, 0.4) is 0 Å². The molecule has 3 aliphatic rings. The van der Waals surface area contributed by atoms with E-state index in [0.717, 1.165) is 32.3 Å². The summed E-state index contributed by atoms with van der Waals surface area (Å²) < 4.78 is 11.8. The molecule has 19 heavy (non-hydrogen) atoms. The lowest BCUT2D eigenvalue weighted by Gasteiger charge is -2.24. The van der Waals surface area contributed by atoms with Crippen LogP contribution in [0.15, 0.2) is 0 Å². The van der Waals surface area contributed by atoms with Crippen molar-refractivity contribution in [2.24, 2.45) is 0 Å². The summed E-state index contributed by atoms with van der Waals surface area (Å²) in [6, 6.07) is 0.796. The molecule has 0 aromatic heterocycles. The number of nitrogens with zero attached hydrogens (tertiary/aromatic N) is 1. The molecule has 3 rings (SSSR count). The first-order valence-corrected chi connectivity index (χ1v) is 7.98. The number of nitrogens with one attached hydrogen (secondary N) is 1. The van der Waals surface area contributed by atoms with Crippen LogP contribution in [0.4, 0.5) is 0 Å². The van der Waals surface area contributed by atoms with Gasteiger partial charge in [0.2, 0.25) is 0 Å². The van der Waals surface area contributed by atoms with Gasteiger partial charge in [-0.25, -0.2) is 0 Å². The van der Waals surface area contributed by atoms with Gasteiger partial charge in [-0.05, 0) is 45.6 Å². The molecule has 0 bridgehead atoms. The van der Waals surface area contributed by atoms with E-state index in [1.165, 1.54) is 38.5 Å². The Bertz CT molecular complexity index is 277. The van der Waals surface area contributed by atoms with E-state index in [2.05, 4.69) is 17.3 Å². The van der Waals surface area contributed by atoms with Crippen molar-refractivity contribution in [3.05, 3.63) is 0 Å². The van der Waals surface area contributed by atoms with Gasteiger partial charge < -0.3 is 19.7 Å². The molecule has 3 fully saturated rings. The van der Waals surface area contributed by atoms with Crippen molar-refractivity contribution < 1.29 is 9.47 Å². The molecule has 1 saturated carbocycles. The van der Waals surface area contributed by atoms with Crippen molar-refractivity contribution in [2.75, 3.05) is 33.3 Å². The molecule has 0 amide bonds. The Labute approximate surface area is 116 Å². The fourth-order valence-electron chi connectivity index (χ4n) is 3.21. The molecular weight excluding hydrogens is 240 g/mol. The number of ether oxygens (including phenoxy) is 2. The maximum absolute atomic E-state index is 6.13. The van der Waals surface area contributed by atoms with Gasteiger partial charge in [0.25, 0.3) is 0 Å². The van der Waals surface area contributed by atoms with Gasteiger partial charge in [-0.15, -0.1) is 0 Å². The zero-order valence-corrected chi connectivity index (χ0v) is 12.1. The average Bonchev–Trinajstić information content (AvgIpc) is 2.88. The van der Waals surface area contributed by atoms with E-state index < -0.39 is 0 Å². The van der Waals surface area contributed by atoms with Crippen LogP contribution in [-0.2, 0) is 9.47 Å². The fraction of sp³-hybridized carbons (Fsp3) is 1.00. The molecule has 0 radical (unpaired) electrons. The van der Waals surface area contributed by atoms with Gasteiger partial charge in [0.05, 0.1) is 18.3 Å². The highest BCUT2D eigenvalue weighted by atomic mass is 16.5. The van der Waals surface area contributed by atoms with Gasteiger partial charge in [0, 0.05) is 32.3 Å². The predicted octanol–water partition coefficient (Wildman–Crippen LogP) is 1.40. The lowest BCUT2D eigenvalue weighted by molar-refractivity contribution is 0.0156.